The quantitative estimate of drug-likeness (QED) is 0.736. The molecule has 0 aromatic carbocycles. The molecule has 2 aromatic heterocycles. The smallest absolute Gasteiger partial charge is 0.160 e. The molecular weight excluding hydrogens is 204 g/mol. The molecule has 0 aliphatic rings. The summed E-state index contributed by atoms with van der Waals surface area (Å²) in [6, 6.07) is 7.29. The molecule has 4 nitrogen and oxygen atoms in total. The van der Waals surface area contributed by atoms with Crippen molar-refractivity contribution in [2.24, 2.45) is 0 Å². The SMILES string of the molecule is CC(=O)/C=C/c1cc(-c2ccccn2)no1. The maximum absolute atomic E-state index is 10.7. The minimum Gasteiger partial charge on any atom is -0.356 e. The maximum atomic E-state index is 10.7. The van der Waals surface area contributed by atoms with Gasteiger partial charge in [-0.25, -0.2) is 0 Å². The van der Waals surface area contributed by atoms with Gasteiger partial charge in [-0.1, -0.05) is 11.2 Å². The van der Waals surface area contributed by atoms with Gasteiger partial charge in [0.2, 0.25) is 0 Å². The van der Waals surface area contributed by atoms with Gasteiger partial charge >= 0.3 is 0 Å². The van der Waals surface area contributed by atoms with Crippen molar-refractivity contribution in [2.45, 2.75) is 6.92 Å². The van der Waals surface area contributed by atoms with Crippen LogP contribution in [0.5, 0.6) is 0 Å². The molecule has 0 N–H and O–H groups in total. The fraction of sp³-hybridized carbons (Fsp3) is 0.0833. The van der Waals surface area contributed by atoms with E-state index in [1.165, 1.54) is 13.0 Å². The Morgan fingerprint density at radius 2 is 2.25 bits per heavy atom. The van der Waals surface area contributed by atoms with Gasteiger partial charge in [-0.05, 0) is 31.2 Å². The number of allylic oxidation sites excluding steroid dienone is 1. The van der Waals surface area contributed by atoms with Gasteiger partial charge in [0.15, 0.2) is 11.5 Å². The zero-order valence-corrected chi connectivity index (χ0v) is 8.75. The van der Waals surface area contributed by atoms with Gasteiger partial charge in [-0.2, -0.15) is 0 Å². The number of rotatable bonds is 3. The van der Waals surface area contributed by atoms with Crippen LogP contribution < -0.4 is 0 Å². The molecule has 0 saturated carbocycles. The first-order valence-electron chi connectivity index (χ1n) is 4.82. The molecule has 0 unspecified atom stereocenters. The third-order valence-electron chi connectivity index (χ3n) is 1.94. The number of carbonyl (C=O) groups excluding carboxylic acids is 1. The molecule has 4 heteroatoms. The maximum Gasteiger partial charge on any atom is 0.160 e. The summed E-state index contributed by atoms with van der Waals surface area (Å²) >= 11 is 0. The molecule has 0 spiro atoms. The summed E-state index contributed by atoms with van der Waals surface area (Å²) < 4.78 is 5.04. The fourth-order valence-corrected chi connectivity index (χ4v) is 1.20. The number of hydrogen-bond donors (Lipinski definition) is 0. The Morgan fingerprint density at radius 3 is 2.94 bits per heavy atom. The molecule has 0 amide bonds. The first-order valence-corrected chi connectivity index (χ1v) is 4.82. The van der Waals surface area contributed by atoms with Crippen molar-refractivity contribution < 1.29 is 9.32 Å². The van der Waals surface area contributed by atoms with Crippen molar-refractivity contribution in [3.8, 4) is 11.4 Å². The van der Waals surface area contributed by atoms with Crippen molar-refractivity contribution in [1.29, 1.82) is 0 Å². The molecule has 2 aromatic rings. The molecule has 0 fully saturated rings. The van der Waals surface area contributed by atoms with E-state index in [9.17, 15) is 4.79 Å². The Balaban J connectivity index is 2.23. The Kier molecular flexibility index (Phi) is 2.91. The lowest BCUT2D eigenvalue weighted by molar-refractivity contribution is -0.112. The first kappa shape index (κ1) is 10.3. The van der Waals surface area contributed by atoms with Crippen LogP contribution in [-0.4, -0.2) is 15.9 Å². The van der Waals surface area contributed by atoms with E-state index in [1.54, 1.807) is 18.3 Å². The Bertz CT molecular complexity index is 515. The van der Waals surface area contributed by atoms with Gasteiger partial charge in [0.05, 0.1) is 5.69 Å². The highest BCUT2D eigenvalue weighted by molar-refractivity contribution is 5.91. The largest absolute Gasteiger partial charge is 0.356 e. The molecule has 0 bridgehead atoms. The minimum absolute atomic E-state index is 0.0317. The highest BCUT2D eigenvalue weighted by atomic mass is 16.5. The molecule has 16 heavy (non-hydrogen) atoms. The topological polar surface area (TPSA) is 56.0 Å². The van der Waals surface area contributed by atoms with Gasteiger partial charge in [0.25, 0.3) is 0 Å². The number of hydrogen-bond acceptors (Lipinski definition) is 4. The fourth-order valence-electron chi connectivity index (χ4n) is 1.20. The van der Waals surface area contributed by atoms with Crippen LogP contribution in [0.25, 0.3) is 17.5 Å². The lowest BCUT2D eigenvalue weighted by Crippen LogP contribution is -1.80. The van der Waals surface area contributed by atoms with Crippen molar-refractivity contribution in [2.75, 3.05) is 0 Å². The Morgan fingerprint density at radius 1 is 1.38 bits per heavy atom. The van der Waals surface area contributed by atoms with Gasteiger partial charge in [0, 0.05) is 12.3 Å². The second-order valence-corrected chi connectivity index (χ2v) is 3.27. The van der Waals surface area contributed by atoms with Crippen molar-refractivity contribution >= 4 is 11.9 Å². The molecule has 0 aliphatic heterocycles. The van der Waals surface area contributed by atoms with E-state index in [0.717, 1.165) is 5.69 Å². The van der Waals surface area contributed by atoms with E-state index in [1.807, 2.05) is 18.2 Å². The highest BCUT2D eigenvalue weighted by Gasteiger charge is 2.04. The Labute approximate surface area is 92.6 Å². The average molecular weight is 214 g/mol. The predicted molar refractivity (Wildman–Crippen MR) is 59.4 cm³/mol. The lowest BCUT2D eigenvalue weighted by Gasteiger charge is -1.89. The van der Waals surface area contributed by atoms with Crippen molar-refractivity contribution in [3.63, 3.8) is 0 Å². The van der Waals surface area contributed by atoms with E-state index in [0.29, 0.717) is 11.5 Å². The molecule has 80 valence electrons. The van der Waals surface area contributed by atoms with E-state index in [-0.39, 0.29) is 5.78 Å². The lowest BCUT2D eigenvalue weighted by atomic mass is 10.2. The third kappa shape index (κ3) is 2.42. The number of carbonyl (C=O) groups is 1. The number of pyridine rings is 1. The monoisotopic (exact) mass is 214 g/mol. The number of nitrogens with zero attached hydrogens (tertiary/aromatic N) is 2. The van der Waals surface area contributed by atoms with Gasteiger partial charge in [-0.3, -0.25) is 9.78 Å². The van der Waals surface area contributed by atoms with Crippen LogP contribution in [-0.2, 0) is 4.79 Å². The molecule has 0 saturated heterocycles. The summed E-state index contributed by atoms with van der Waals surface area (Å²) in [6.07, 6.45) is 4.71. The van der Waals surface area contributed by atoms with Crippen LogP contribution in [0, 0.1) is 0 Å². The molecule has 0 aliphatic carbocycles. The zero-order chi connectivity index (χ0) is 11.4. The highest BCUT2D eigenvalue weighted by Crippen LogP contribution is 2.16. The van der Waals surface area contributed by atoms with Crippen LogP contribution in [0.2, 0.25) is 0 Å². The average Bonchev–Trinajstić information content (AvgIpc) is 2.76. The number of ketones is 1. The normalized spacial score (nSPS) is 10.8. The predicted octanol–water partition coefficient (Wildman–Crippen LogP) is 2.34. The van der Waals surface area contributed by atoms with Crippen molar-refractivity contribution in [3.05, 3.63) is 42.3 Å². The van der Waals surface area contributed by atoms with Crippen molar-refractivity contribution in [1.82, 2.24) is 10.1 Å². The molecular formula is C12H10N2O2. The standard InChI is InChI=1S/C12H10N2O2/c1-9(15)5-6-10-8-12(14-16-10)11-4-2-3-7-13-11/h2-8H,1H3/b6-5+. The van der Waals surface area contributed by atoms with E-state index in [4.69, 9.17) is 4.52 Å². The summed E-state index contributed by atoms with van der Waals surface area (Å²) in [5.74, 6) is 0.506. The summed E-state index contributed by atoms with van der Waals surface area (Å²) in [5, 5.41) is 3.86. The van der Waals surface area contributed by atoms with Crippen LogP contribution in [0.3, 0.4) is 0 Å². The van der Waals surface area contributed by atoms with E-state index < -0.39 is 0 Å². The van der Waals surface area contributed by atoms with Gasteiger partial charge < -0.3 is 4.52 Å². The summed E-state index contributed by atoms with van der Waals surface area (Å²) in [4.78, 5) is 14.9. The van der Waals surface area contributed by atoms with E-state index in [2.05, 4.69) is 10.1 Å². The molecule has 2 rings (SSSR count). The second kappa shape index (κ2) is 4.53. The first-order chi connectivity index (χ1) is 7.75. The van der Waals surface area contributed by atoms with E-state index >= 15 is 0 Å². The van der Waals surface area contributed by atoms with Gasteiger partial charge in [-0.15, -0.1) is 0 Å². The van der Waals surface area contributed by atoms with Gasteiger partial charge in [0.1, 0.15) is 5.69 Å². The summed E-state index contributed by atoms with van der Waals surface area (Å²) in [6.45, 7) is 1.48. The molecule has 0 radical (unpaired) electrons. The minimum atomic E-state index is -0.0317. The number of aromatic nitrogens is 2. The summed E-state index contributed by atoms with van der Waals surface area (Å²) in [7, 11) is 0. The van der Waals surface area contributed by atoms with Crippen LogP contribution >= 0.6 is 0 Å². The summed E-state index contributed by atoms with van der Waals surface area (Å²) in [5.41, 5.74) is 1.40. The van der Waals surface area contributed by atoms with Crippen LogP contribution in [0.15, 0.2) is 41.1 Å². The Hall–Kier alpha value is -2.23. The third-order valence-corrected chi connectivity index (χ3v) is 1.94. The molecule has 0 atom stereocenters. The van der Waals surface area contributed by atoms with Crippen LogP contribution in [0.1, 0.15) is 12.7 Å². The molecule has 2 heterocycles. The second-order valence-electron chi connectivity index (χ2n) is 3.27. The zero-order valence-electron chi connectivity index (χ0n) is 8.75. The van der Waals surface area contributed by atoms with Crippen LogP contribution in [0.4, 0.5) is 0 Å².